The molecule has 3 rings (SSSR count). The van der Waals surface area contributed by atoms with Crippen LogP contribution in [0.15, 0.2) is 28.7 Å². The van der Waals surface area contributed by atoms with Crippen molar-refractivity contribution in [2.45, 2.75) is 31.7 Å². The molecule has 0 unspecified atom stereocenters. The minimum Gasteiger partial charge on any atom is -0.405 e. The van der Waals surface area contributed by atoms with Gasteiger partial charge in [0.25, 0.3) is 0 Å². The molecule has 0 radical (unpaired) electrons. The van der Waals surface area contributed by atoms with E-state index in [1.54, 1.807) is 6.07 Å². The van der Waals surface area contributed by atoms with Gasteiger partial charge in [0.2, 0.25) is 5.89 Å². The first-order chi connectivity index (χ1) is 10.5. The number of anilines is 1. The Hall–Kier alpha value is -2.09. The molecule has 0 bridgehead atoms. The Morgan fingerprint density at radius 2 is 2.14 bits per heavy atom. The minimum atomic E-state index is -4.35. The number of alkyl halides is 3. The maximum atomic E-state index is 12.6. The fourth-order valence-electron chi connectivity index (χ4n) is 2.24. The van der Waals surface area contributed by atoms with Gasteiger partial charge >= 0.3 is 12.2 Å². The molecule has 2 aromatic rings. The fraction of sp³-hybridized carbons (Fsp3) is 0.429. The van der Waals surface area contributed by atoms with Gasteiger partial charge in [-0.05, 0) is 30.5 Å². The largest absolute Gasteiger partial charge is 0.416 e. The zero-order chi connectivity index (χ0) is 15.6. The van der Waals surface area contributed by atoms with Crippen molar-refractivity contribution in [2.24, 2.45) is 0 Å². The third kappa shape index (κ3) is 3.38. The van der Waals surface area contributed by atoms with Crippen molar-refractivity contribution < 1.29 is 22.3 Å². The van der Waals surface area contributed by atoms with Gasteiger partial charge in [-0.25, -0.2) is 0 Å². The van der Waals surface area contributed by atoms with Crippen LogP contribution in [-0.2, 0) is 17.5 Å². The van der Waals surface area contributed by atoms with Crippen molar-refractivity contribution in [3.63, 3.8) is 0 Å². The summed E-state index contributed by atoms with van der Waals surface area (Å²) < 4.78 is 48.7. The summed E-state index contributed by atoms with van der Waals surface area (Å²) in [5, 5.41) is 10.5. The first-order valence-corrected chi connectivity index (χ1v) is 6.87. The standard InChI is InChI=1S/C14H14F3N3O2/c15-14(16,17)10-4-1-3-9(7-10)8-18-13-20-19-12(22-13)11-5-2-6-21-11/h1,3-4,7,11H,2,5-6,8H2,(H,18,20)/t11-/m1/s1. The van der Waals surface area contributed by atoms with E-state index >= 15 is 0 Å². The van der Waals surface area contributed by atoms with Gasteiger partial charge in [0.1, 0.15) is 6.10 Å². The minimum absolute atomic E-state index is 0.164. The van der Waals surface area contributed by atoms with Crippen molar-refractivity contribution in [1.29, 1.82) is 0 Å². The molecule has 0 saturated carbocycles. The lowest BCUT2D eigenvalue weighted by Gasteiger charge is -2.08. The van der Waals surface area contributed by atoms with E-state index in [-0.39, 0.29) is 18.7 Å². The number of hydrogen-bond acceptors (Lipinski definition) is 5. The lowest BCUT2D eigenvalue weighted by Crippen LogP contribution is -2.07. The van der Waals surface area contributed by atoms with Gasteiger partial charge in [0.05, 0.1) is 5.56 Å². The third-order valence-corrected chi connectivity index (χ3v) is 3.34. The number of rotatable bonds is 4. The van der Waals surface area contributed by atoms with Gasteiger partial charge in [0.15, 0.2) is 0 Å². The van der Waals surface area contributed by atoms with E-state index in [0.29, 0.717) is 18.1 Å². The van der Waals surface area contributed by atoms with Gasteiger partial charge in [0, 0.05) is 13.2 Å². The number of aromatic nitrogens is 2. The van der Waals surface area contributed by atoms with Crippen molar-refractivity contribution in [3.8, 4) is 0 Å². The molecule has 1 N–H and O–H groups in total. The van der Waals surface area contributed by atoms with Crippen LogP contribution in [0.2, 0.25) is 0 Å². The lowest BCUT2D eigenvalue weighted by molar-refractivity contribution is -0.137. The number of ether oxygens (including phenoxy) is 1. The Morgan fingerprint density at radius 1 is 1.27 bits per heavy atom. The second-order valence-electron chi connectivity index (χ2n) is 5.00. The van der Waals surface area contributed by atoms with Gasteiger partial charge in [-0.2, -0.15) is 13.2 Å². The van der Waals surface area contributed by atoms with Crippen LogP contribution < -0.4 is 5.32 Å². The number of nitrogens with one attached hydrogen (secondary N) is 1. The van der Waals surface area contributed by atoms with Gasteiger partial charge < -0.3 is 14.5 Å². The summed E-state index contributed by atoms with van der Waals surface area (Å²) >= 11 is 0. The molecule has 0 aliphatic carbocycles. The number of benzene rings is 1. The highest BCUT2D eigenvalue weighted by Gasteiger charge is 2.30. The normalized spacial score (nSPS) is 18.6. The molecule has 1 atom stereocenters. The maximum Gasteiger partial charge on any atom is 0.416 e. The van der Waals surface area contributed by atoms with Crippen molar-refractivity contribution >= 4 is 6.01 Å². The smallest absolute Gasteiger partial charge is 0.405 e. The summed E-state index contributed by atoms with van der Waals surface area (Å²) in [6, 6.07) is 5.25. The van der Waals surface area contributed by atoms with E-state index in [0.717, 1.165) is 25.0 Å². The summed E-state index contributed by atoms with van der Waals surface area (Å²) in [6.07, 6.45) is -2.76. The molecule has 1 aliphatic rings. The molecular weight excluding hydrogens is 299 g/mol. The summed E-state index contributed by atoms with van der Waals surface area (Å²) in [5.41, 5.74) is -0.205. The highest BCUT2D eigenvalue weighted by Crippen LogP contribution is 2.30. The number of hydrogen-bond donors (Lipinski definition) is 1. The first kappa shape index (κ1) is 14.8. The first-order valence-electron chi connectivity index (χ1n) is 6.87. The maximum absolute atomic E-state index is 12.6. The molecule has 1 fully saturated rings. The van der Waals surface area contributed by atoms with E-state index in [1.807, 2.05) is 0 Å². The number of halogens is 3. The molecule has 8 heteroatoms. The molecule has 5 nitrogen and oxygen atoms in total. The van der Waals surface area contributed by atoms with Crippen LogP contribution in [0.3, 0.4) is 0 Å². The highest BCUT2D eigenvalue weighted by molar-refractivity contribution is 5.29. The van der Waals surface area contributed by atoms with Crippen LogP contribution in [0.4, 0.5) is 19.2 Å². The van der Waals surface area contributed by atoms with E-state index in [4.69, 9.17) is 9.15 Å². The van der Waals surface area contributed by atoms with Crippen LogP contribution in [0.5, 0.6) is 0 Å². The second kappa shape index (κ2) is 5.96. The van der Waals surface area contributed by atoms with Crippen LogP contribution >= 0.6 is 0 Å². The topological polar surface area (TPSA) is 60.2 Å². The van der Waals surface area contributed by atoms with Crippen LogP contribution in [0, 0.1) is 0 Å². The average Bonchev–Trinajstić information content (AvgIpc) is 3.15. The van der Waals surface area contributed by atoms with Crippen LogP contribution in [0.25, 0.3) is 0 Å². The Morgan fingerprint density at radius 3 is 2.86 bits per heavy atom. The van der Waals surface area contributed by atoms with Crippen LogP contribution in [-0.4, -0.2) is 16.8 Å². The Balaban J connectivity index is 1.63. The van der Waals surface area contributed by atoms with Crippen molar-refractivity contribution in [2.75, 3.05) is 11.9 Å². The van der Waals surface area contributed by atoms with E-state index in [1.165, 1.54) is 6.07 Å². The second-order valence-corrected chi connectivity index (χ2v) is 5.00. The SMILES string of the molecule is FC(F)(F)c1cccc(CNc2nnc([C@H]3CCCO3)o2)c1. The molecule has 0 amide bonds. The molecule has 2 heterocycles. The molecule has 118 valence electrons. The number of nitrogens with zero attached hydrogens (tertiary/aromatic N) is 2. The fourth-order valence-corrected chi connectivity index (χ4v) is 2.24. The van der Waals surface area contributed by atoms with Crippen molar-refractivity contribution in [3.05, 3.63) is 41.3 Å². The van der Waals surface area contributed by atoms with Gasteiger partial charge in [-0.3, -0.25) is 0 Å². The van der Waals surface area contributed by atoms with E-state index in [9.17, 15) is 13.2 Å². The summed E-state index contributed by atoms with van der Waals surface area (Å²) in [5.74, 6) is 0.393. The predicted molar refractivity (Wildman–Crippen MR) is 71.0 cm³/mol. The quantitative estimate of drug-likeness (QED) is 0.935. The van der Waals surface area contributed by atoms with Crippen LogP contribution in [0.1, 0.15) is 36.0 Å². The average molecular weight is 313 g/mol. The summed E-state index contributed by atoms with van der Waals surface area (Å²) in [7, 11) is 0. The predicted octanol–water partition coefficient (Wildman–Crippen LogP) is 3.55. The lowest BCUT2D eigenvalue weighted by atomic mass is 10.1. The zero-order valence-corrected chi connectivity index (χ0v) is 11.6. The Kier molecular flexibility index (Phi) is 4.02. The highest BCUT2D eigenvalue weighted by atomic mass is 19.4. The van der Waals surface area contributed by atoms with E-state index in [2.05, 4.69) is 15.5 Å². The molecule has 22 heavy (non-hydrogen) atoms. The molecule has 1 aromatic heterocycles. The Bertz CT molecular complexity index is 636. The summed E-state index contributed by atoms with van der Waals surface area (Å²) in [4.78, 5) is 0. The molecule has 0 spiro atoms. The van der Waals surface area contributed by atoms with E-state index < -0.39 is 11.7 Å². The zero-order valence-electron chi connectivity index (χ0n) is 11.6. The molecule has 1 aromatic carbocycles. The molecular formula is C14H14F3N3O2. The van der Waals surface area contributed by atoms with Crippen molar-refractivity contribution in [1.82, 2.24) is 10.2 Å². The Labute approximate surface area is 124 Å². The third-order valence-electron chi connectivity index (χ3n) is 3.34. The summed E-state index contributed by atoms with van der Waals surface area (Å²) in [6.45, 7) is 0.830. The van der Waals surface area contributed by atoms with Gasteiger partial charge in [-0.15, -0.1) is 5.10 Å². The molecule has 1 saturated heterocycles. The molecule has 1 aliphatic heterocycles. The monoisotopic (exact) mass is 313 g/mol. The van der Waals surface area contributed by atoms with Gasteiger partial charge in [-0.1, -0.05) is 17.2 Å².